The van der Waals surface area contributed by atoms with Crippen LogP contribution in [0.4, 0.5) is 0 Å². The highest BCUT2D eigenvalue weighted by atomic mass is 16.5. The molecule has 2 aromatic carbocycles. The van der Waals surface area contributed by atoms with Crippen molar-refractivity contribution >= 4 is 16.6 Å². The molecule has 6 heteroatoms. The van der Waals surface area contributed by atoms with Crippen molar-refractivity contribution in [2.24, 2.45) is 5.73 Å². The second kappa shape index (κ2) is 9.49. The molecule has 0 aliphatic carbocycles. The van der Waals surface area contributed by atoms with Gasteiger partial charge in [0.2, 0.25) is 0 Å². The fourth-order valence-corrected chi connectivity index (χ4v) is 3.49. The topological polar surface area (TPSA) is 86.5 Å². The molecule has 3 N–H and O–H groups in total. The van der Waals surface area contributed by atoms with Gasteiger partial charge in [-0.2, -0.15) is 0 Å². The van der Waals surface area contributed by atoms with Gasteiger partial charge < -0.3 is 20.5 Å². The maximum absolute atomic E-state index is 13.1. The van der Waals surface area contributed by atoms with Crippen molar-refractivity contribution in [3.05, 3.63) is 65.5 Å². The van der Waals surface area contributed by atoms with Crippen molar-refractivity contribution in [3.8, 4) is 11.5 Å². The third-order valence-electron chi connectivity index (χ3n) is 4.90. The Morgan fingerprint density at radius 3 is 2.66 bits per heavy atom. The van der Waals surface area contributed by atoms with Crippen LogP contribution in [-0.4, -0.2) is 38.1 Å². The van der Waals surface area contributed by atoms with Gasteiger partial charge in [-0.15, -0.1) is 0 Å². The van der Waals surface area contributed by atoms with Crippen LogP contribution in [0.1, 0.15) is 41.0 Å². The number of fused-ring (bicyclic) bond motifs is 1. The molecule has 0 amide bonds. The van der Waals surface area contributed by atoms with Gasteiger partial charge in [-0.25, -0.2) is 0 Å². The lowest BCUT2D eigenvalue weighted by atomic mass is 9.92. The van der Waals surface area contributed by atoms with Crippen molar-refractivity contribution in [2.45, 2.75) is 19.4 Å². The molecule has 0 bridgehead atoms. The molecule has 1 heterocycles. The van der Waals surface area contributed by atoms with Gasteiger partial charge in [0.05, 0.1) is 38.1 Å². The zero-order chi connectivity index (χ0) is 20.8. The summed E-state index contributed by atoms with van der Waals surface area (Å²) in [5.74, 6) is 0.789. The third-order valence-corrected chi connectivity index (χ3v) is 4.90. The summed E-state index contributed by atoms with van der Waals surface area (Å²) >= 11 is 0. The number of hydrogen-bond donors (Lipinski definition) is 2. The fourth-order valence-electron chi connectivity index (χ4n) is 3.49. The maximum atomic E-state index is 13.1. The van der Waals surface area contributed by atoms with Crippen LogP contribution in [0.15, 0.2) is 48.7 Å². The Bertz CT molecular complexity index is 999. The average Bonchev–Trinajstić information content (AvgIpc) is 2.77. The highest BCUT2D eigenvalue weighted by Gasteiger charge is 2.26. The average molecular weight is 393 g/mol. The molecule has 6 nitrogen and oxygen atoms in total. The summed E-state index contributed by atoms with van der Waals surface area (Å²) in [5.41, 5.74) is 8.46. The van der Waals surface area contributed by atoms with Crippen molar-refractivity contribution in [3.63, 3.8) is 0 Å². The van der Waals surface area contributed by atoms with Gasteiger partial charge in [0.1, 0.15) is 0 Å². The van der Waals surface area contributed by atoms with E-state index < -0.39 is 6.04 Å². The summed E-state index contributed by atoms with van der Waals surface area (Å²) < 4.78 is 11.0. The number of rotatable bonds is 9. The molecular formula is C23H27N3O3. The number of pyridine rings is 1. The minimum atomic E-state index is -0.592. The molecule has 0 aliphatic rings. The van der Waals surface area contributed by atoms with E-state index in [1.54, 1.807) is 19.4 Å². The molecule has 1 aromatic heterocycles. The van der Waals surface area contributed by atoms with Crippen molar-refractivity contribution in [2.75, 3.05) is 27.3 Å². The van der Waals surface area contributed by atoms with E-state index in [-0.39, 0.29) is 12.3 Å². The van der Waals surface area contributed by atoms with Crippen LogP contribution in [0.2, 0.25) is 0 Å². The third kappa shape index (κ3) is 4.23. The predicted octanol–water partition coefficient (Wildman–Crippen LogP) is 3.48. The lowest BCUT2D eigenvalue weighted by Gasteiger charge is -2.21. The molecule has 1 atom stereocenters. The number of Topliss-reactive ketones (excluding diaryl/α,β-unsaturated/α-hetero) is 1. The Morgan fingerprint density at radius 1 is 1.14 bits per heavy atom. The molecule has 3 rings (SSSR count). The van der Waals surface area contributed by atoms with Gasteiger partial charge in [-0.3, -0.25) is 9.78 Å². The summed E-state index contributed by atoms with van der Waals surface area (Å²) in [6.45, 7) is 3.00. The second-order valence-electron chi connectivity index (χ2n) is 6.76. The van der Waals surface area contributed by atoms with Crippen molar-refractivity contribution in [1.82, 2.24) is 10.3 Å². The van der Waals surface area contributed by atoms with Gasteiger partial charge in [0.25, 0.3) is 0 Å². The maximum Gasteiger partial charge on any atom is 0.180 e. The van der Waals surface area contributed by atoms with E-state index in [4.69, 9.17) is 15.2 Å². The van der Waals surface area contributed by atoms with E-state index in [9.17, 15) is 4.79 Å². The molecular weight excluding hydrogens is 366 g/mol. The lowest BCUT2D eigenvalue weighted by Crippen LogP contribution is -2.26. The number of nitrogens with two attached hydrogens (primary N) is 1. The van der Waals surface area contributed by atoms with E-state index in [0.29, 0.717) is 28.3 Å². The molecule has 0 saturated carbocycles. The number of nitrogens with zero attached hydrogens (tertiary/aromatic N) is 1. The molecule has 1 unspecified atom stereocenters. The number of ketones is 1. The van der Waals surface area contributed by atoms with Crippen LogP contribution in [0.5, 0.6) is 11.5 Å². The Hall–Kier alpha value is -2.96. The molecule has 0 fully saturated rings. The molecule has 0 spiro atoms. The normalized spacial score (nSPS) is 12.0. The minimum Gasteiger partial charge on any atom is -0.493 e. The van der Waals surface area contributed by atoms with Crippen LogP contribution >= 0.6 is 0 Å². The molecule has 152 valence electrons. The summed E-state index contributed by atoms with van der Waals surface area (Å²) in [6, 6.07) is 12.9. The molecule has 0 radical (unpaired) electrons. The van der Waals surface area contributed by atoms with Gasteiger partial charge in [-0.1, -0.05) is 37.3 Å². The predicted molar refractivity (Wildman–Crippen MR) is 115 cm³/mol. The first-order valence-corrected chi connectivity index (χ1v) is 9.70. The number of methoxy groups -OCH3 is 2. The molecule has 0 saturated heterocycles. The first-order chi connectivity index (χ1) is 14.1. The monoisotopic (exact) mass is 393 g/mol. The standard InChI is InChI=1S/C23H27N3O3/c1-4-12-25-14-18(27)20-17(9-10-19(28-2)23(20)29-3)21(24)22-16-8-6-5-7-15(16)11-13-26-22/h5-11,13,21,25H,4,12,14,24H2,1-3H3. The number of carbonyl (C=O) groups excluding carboxylic acids is 1. The fraction of sp³-hybridized carbons (Fsp3) is 0.304. The van der Waals surface area contributed by atoms with Gasteiger partial charge in [0, 0.05) is 11.6 Å². The van der Waals surface area contributed by atoms with Gasteiger partial charge in [0.15, 0.2) is 17.3 Å². The van der Waals surface area contributed by atoms with E-state index >= 15 is 0 Å². The molecule has 29 heavy (non-hydrogen) atoms. The van der Waals surface area contributed by atoms with Crippen LogP contribution in [-0.2, 0) is 0 Å². The van der Waals surface area contributed by atoms with Gasteiger partial charge >= 0.3 is 0 Å². The second-order valence-corrected chi connectivity index (χ2v) is 6.76. The number of benzene rings is 2. The first kappa shape index (κ1) is 20.8. The number of ether oxygens (including phenoxy) is 2. The highest BCUT2D eigenvalue weighted by molar-refractivity contribution is 6.02. The zero-order valence-electron chi connectivity index (χ0n) is 17.1. The smallest absolute Gasteiger partial charge is 0.180 e. The highest BCUT2D eigenvalue weighted by Crippen LogP contribution is 2.38. The van der Waals surface area contributed by atoms with E-state index in [1.807, 2.05) is 36.4 Å². The van der Waals surface area contributed by atoms with Crippen molar-refractivity contribution < 1.29 is 14.3 Å². The van der Waals surface area contributed by atoms with E-state index in [2.05, 4.69) is 17.2 Å². The number of nitrogens with one attached hydrogen (secondary N) is 1. The summed E-state index contributed by atoms with van der Waals surface area (Å²) in [5, 5.41) is 5.16. The lowest BCUT2D eigenvalue weighted by molar-refractivity contribution is 0.0986. The van der Waals surface area contributed by atoms with Crippen LogP contribution < -0.4 is 20.5 Å². The number of aromatic nitrogens is 1. The quantitative estimate of drug-likeness (QED) is 0.428. The largest absolute Gasteiger partial charge is 0.493 e. The Kier molecular flexibility index (Phi) is 6.80. The van der Waals surface area contributed by atoms with Crippen LogP contribution in [0.25, 0.3) is 10.8 Å². The van der Waals surface area contributed by atoms with E-state index in [1.165, 1.54) is 7.11 Å². The Labute approximate surface area is 171 Å². The summed E-state index contributed by atoms with van der Waals surface area (Å²) in [7, 11) is 3.08. The Morgan fingerprint density at radius 2 is 1.93 bits per heavy atom. The van der Waals surface area contributed by atoms with Crippen LogP contribution in [0, 0.1) is 0 Å². The van der Waals surface area contributed by atoms with Crippen molar-refractivity contribution in [1.29, 1.82) is 0 Å². The minimum absolute atomic E-state index is 0.0973. The number of carbonyl (C=O) groups is 1. The summed E-state index contributed by atoms with van der Waals surface area (Å²) in [4.78, 5) is 17.6. The van der Waals surface area contributed by atoms with E-state index in [0.717, 1.165) is 23.7 Å². The summed E-state index contributed by atoms with van der Waals surface area (Å²) in [6.07, 6.45) is 2.68. The SMILES string of the molecule is CCCNCC(=O)c1c(C(N)c2nccc3ccccc23)ccc(OC)c1OC. The first-order valence-electron chi connectivity index (χ1n) is 9.70. The zero-order valence-corrected chi connectivity index (χ0v) is 17.1. The van der Waals surface area contributed by atoms with Gasteiger partial charge in [-0.05, 0) is 36.0 Å². The molecule has 3 aromatic rings. The molecule has 0 aliphatic heterocycles. The Balaban J connectivity index is 2.13. The number of hydrogen-bond acceptors (Lipinski definition) is 6. The van der Waals surface area contributed by atoms with Crippen LogP contribution in [0.3, 0.4) is 0 Å².